The number of ether oxygens (including phenoxy) is 1. The van der Waals surface area contributed by atoms with E-state index in [0.29, 0.717) is 12.6 Å². The highest BCUT2D eigenvalue weighted by molar-refractivity contribution is 5.84. The molecule has 1 aromatic rings. The predicted molar refractivity (Wildman–Crippen MR) is 55.3 cm³/mol. The molecule has 1 amide bonds. The maximum absolute atomic E-state index is 13.1. The van der Waals surface area contributed by atoms with Gasteiger partial charge in [-0.3, -0.25) is 5.32 Å². The van der Waals surface area contributed by atoms with E-state index < -0.39 is 17.7 Å². The van der Waals surface area contributed by atoms with Crippen LogP contribution in [0.4, 0.5) is 19.3 Å². The van der Waals surface area contributed by atoms with Gasteiger partial charge in [0.25, 0.3) is 0 Å². The molecular formula is C10H12F2N2O2. The van der Waals surface area contributed by atoms with Gasteiger partial charge in [-0.25, -0.2) is 13.6 Å². The van der Waals surface area contributed by atoms with Crippen molar-refractivity contribution in [3.63, 3.8) is 0 Å². The second kappa shape index (κ2) is 6.02. The summed E-state index contributed by atoms with van der Waals surface area (Å²) >= 11 is 0. The number of anilines is 1. The minimum atomic E-state index is -0.842. The van der Waals surface area contributed by atoms with Gasteiger partial charge in [-0.1, -0.05) is 0 Å². The molecule has 0 saturated heterocycles. The fraction of sp³-hybridized carbons (Fsp3) is 0.300. The summed E-state index contributed by atoms with van der Waals surface area (Å²) in [5.41, 5.74) is -0.115. The molecule has 0 saturated carbocycles. The van der Waals surface area contributed by atoms with Crippen molar-refractivity contribution in [3.8, 4) is 0 Å². The lowest BCUT2D eigenvalue weighted by molar-refractivity contribution is 0.162. The lowest BCUT2D eigenvalue weighted by atomic mass is 10.3. The molecular weight excluding hydrogens is 218 g/mol. The third-order valence-corrected chi connectivity index (χ3v) is 1.75. The molecule has 6 heteroatoms. The van der Waals surface area contributed by atoms with Crippen LogP contribution in [0, 0.1) is 11.6 Å². The zero-order valence-corrected chi connectivity index (χ0v) is 8.72. The molecule has 0 radical (unpaired) electrons. The summed E-state index contributed by atoms with van der Waals surface area (Å²) < 4.78 is 30.3. The van der Waals surface area contributed by atoms with Gasteiger partial charge in [-0.15, -0.1) is 0 Å². The summed E-state index contributed by atoms with van der Waals surface area (Å²) in [6.07, 6.45) is -0.777. The molecule has 0 aromatic heterocycles. The van der Waals surface area contributed by atoms with Gasteiger partial charge in [-0.05, 0) is 19.2 Å². The highest BCUT2D eigenvalue weighted by Gasteiger charge is 2.08. The van der Waals surface area contributed by atoms with Crippen molar-refractivity contribution in [1.82, 2.24) is 5.32 Å². The van der Waals surface area contributed by atoms with E-state index in [4.69, 9.17) is 4.74 Å². The molecule has 0 heterocycles. The van der Waals surface area contributed by atoms with Crippen molar-refractivity contribution >= 4 is 11.8 Å². The first-order valence-electron chi connectivity index (χ1n) is 4.67. The van der Waals surface area contributed by atoms with Crippen LogP contribution in [0.5, 0.6) is 0 Å². The van der Waals surface area contributed by atoms with E-state index in [2.05, 4.69) is 10.6 Å². The van der Waals surface area contributed by atoms with E-state index >= 15 is 0 Å². The Morgan fingerprint density at radius 3 is 2.81 bits per heavy atom. The van der Waals surface area contributed by atoms with Crippen molar-refractivity contribution in [3.05, 3.63) is 29.8 Å². The first-order chi connectivity index (χ1) is 7.63. The van der Waals surface area contributed by atoms with Gasteiger partial charge in [0.2, 0.25) is 0 Å². The van der Waals surface area contributed by atoms with Gasteiger partial charge in [0, 0.05) is 12.6 Å². The third-order valence-electron chi connectivity index (χ3n) is 1.75. The number of benzene rings is 1. The number of likely N-dealkylation sites (N-methyl/N-ethyl adjacent to an activating group) is 1. The van der Waals surface area contributed by atoms with Crippen molar-refractivity contribution in [1.29, 1.82) is 0 Å². The fourth-order valence-electron chi connectivity index (χ4n) is 0.983. The first-order valence-corrected chi connectivity index (χ1v) is 4.67. The quantitative estimate of drug-likeness (QED) is 0.774. The van der Waals surface area contributed by atoms with Gasteiger partial charge in [0.15, 0.2) is 0 Å². The maximum atomic E-state index is 13.1. The minimum absolute atomic E-state index is 0.115. The SMILES string of the molecule is CNCCOC(=O)Nc1ccc(F)cc1F. The van der Waals surface area contributed by atoms with Gasteiger partial charge in [0.05, 0.1) is 5.69 Å². The lowest BCUT2D eigenvalue weighted by Gasteiger charge is -2.07. The summed E-state index contributed by atoms with van der Waals surface area (Å²) in [6, 6.07) is 2.86. The van der Waals surface area contributed by atoms with Crippen LogP contribution in [0.3, 0.4) is 0 Å². The van der Waals surface area contributed by atoms with Crippen LogP contribution in [-0.4, -0.2) is 26.3 Å². The van der Waals surface area contributed by atoms with E-state index in [1.807, 2.05) is 0 Å². The van der Waals surface area contributed by atoms with E-state index in [0.717, 1.165) is 12.1 Å². The van der Waals surface area contributed by atoms with Crippen LogP contribution >= 0.6 is 0 Å². The summed E-state index contributed by atoms with van der Waals surface area (Å²) in [4.78, 5) is 11.1. The number of rotatable bonds is 4. The topological polar surface area (TPSA) is 50.4 Å². The number of nitrogens with one attached hydrogen (secondary N) is 2. The molecule has 0 aliphatic heterocycles. The highest BCUT2D eigenvalue weighted by Crippen LogP contribution is 2.14. The number of carbonyl (C=O) groups excluding carboxylic acids is 1. The highest BCUT2D eigenvalue weighted by atomic mass is 19.1. The second-order valence-electron chi connectivity index (χ2n) is 2.99. The molecule has 0 unspecified atom stereocenters. The number of carbonyl (C=O) groups is 1. The zero-order valence-electron chi connectivity index (χ0n) is 8.72. The number of amides is 1. The monoisotopic (exact) mass is 230 g/mol. The Labute approximate surface area is 91.6 Å². The Morgan fingerprint density at radius 1 is 1.44 bits per heavy atom. The molecule has 1 aromatic carbocycles. The number of hydrogen-bond donors (Lipinski definition) is 2. The Morgan fingerprint density at radius 2 is 2.19 bits per heavy atom. The first kappa shape index (κ1) is 12.4. The molecule has 2 N–H and O–H groups in total. The summed E-state index contributed by atoms with van der Waals surface area (Å²) in [5, 5.41) is 4.94. The van der Waals surface area contributed by atoms with Gasteiger partial charge < -0.3 is 10.1 Å². The Balaban J connectivity index is 2.49. The standard InChI is InChI=1S/C10H12F2N2O2/c1-13-4-5-16-10(15)14-9-3-2-7(11)6-8(9)12/h2-3,6,13H,4-5H2,1H3,(H,14,15). The molecule has 16 heavy (non-hydrogen) atoms. The van der Waals surface area contributed by atoms with Crippen molar-refractivity contribution in [2.24, 2.45) is 0 Å². The zero-order chi connectivity index (χ0) is 12.0. The van der Waals surface area contributed by atoms with Gasteiger partial charge in [-0.2, -0.15) is 0 Å². The Kier molecular flexibility index (Phi) is 4.65. The molecule has 88 valence electrons. The Hall–Kier alpha value is -1.69. The molecule has 0 spiro atoms. The van der Waals surface area contributed by atoms with Crippen LogP contribution in [0.15, 0.2) is 18.2 Å². The van der Waals surface area contributed by atoms with Crippen LogP contribution in [0.1, 0.15) is 0 Å². The van der Waals surface area contributed by atoms with Crippen molar-refractivity contribution in [2.75, 3.05) is 25.5 Å². The molecule has 0 fully saturated rings. The largest absolute Gasteiger partial charge is 0.448 e. The van der Waals surface area contributed by atoms with Crippen molar-refractivity contribution < 1.29 is 18.3 Å². The van der Waals surface area contributed by atoms with Crippen LogP contribution < -0.4 is 10.6 Å². The maximum Gasteiger partial charge on any atom is 0.411 e. The molecule has 0 aliphatic rings. The lowest BCUT2D eigenvalue weighted by Crippen LogP contribution is -2.21. The second-order valence-corrected chi connectivity index (χ2v) is 2.99. The van der Waals surface area contributed by atoms with Gasteiger partial charge in [0.1, 0.15) is 18.2 Å². The molecule has 0 atom stereocenters. The van der Waals surface area contributed by atoms with Gasteiger partial charge >= 0.3 is 6.09 Å². The average Bonchev–Trinajstić information content (AvgIpc) is 2.23. The Bertz CT molecular complexity index is 372. The summed E-state index contributed by atoms with van der Waals surface area (Å²) in [6.45, 7) is 0.671. The molecule has 1 rings (SSSR count). The number of halogens is 2. The normalized spacial score (nSPS) is 9.94. The fourth-order valence-corrected chi connectivity index (χ4v) is 0.983. The van der Waals surface area contributed by atoms with Crippen LogP contribution in [-0.2, 0) is 4.74 Å². The van der Waals surface area contributed by atoms with E-state index in [-0.39, 0.29) is 12.3 Å². The predicted octanol–water partition coefficient (Wildman–Crippen LogP) is 1.73. The van der Waals surface area contributed by atoms with Crippen LogP contribution in [0.2, 0.25) is 0 Å². The smallest absolute Gasteiger partial charge is 0.411 e. The average molecular weight is 230 g/mol. The minimum Gasteiger partial charge on any atom is -0.448 e. The van der Waals surface area contributed by atoms with Crippen molar-refractivity contribution in [2.45, 2.75) is 0 Å². The molecule has 4 nitrogen and oxygen atoms in total. The van der Waals surface area contributed by atoms with E-state index in [9.17, 15) is 13.6 Å². The third kappa shape index (κ3) is 3.82. The molecule has 0 bridgehead atoms. The molecule has 0 aliphatic carbocycles. The summed E-state index contributed by atoms with van der Waals surface area (Å²) in [7, 11) is 1.71. The van der Waals surface area contributed by atoms with Crippen LogP contribution in [0.25, 0.3) is 0 Å². The summed E-state index contributed by atoms with van der Waals surface area (Å²) in [5.74, 6) is -1.54. The van der Waals surface area contributed by atoms with E-state index in [1.165, 1.54) is 0 Å². The van der Waals surface area contributed by atoms with E-state index in [1.54, 1.807) is 7.05 Å². The number of hydrogen-bond acceptors (Lipinski definition) is 3.